The highest BCUT2D eigenvalue weighted by molar-refractivity contribution is 9.11. The molecule has 1 aromatic heterocycles. The monoisotopic (exact) mass is 317 g/mol. The van der Waals surface area contributed by atoms with Crippen LogP contribution in [0.4, 0.5) is 0 Å². The Morgan fingerprint density at radius 3 is 2.59 bits per heavy atom. The quantitative estimate of drug-likeness (QED) is 0.897. The Labute approximate surface area is 111 Å². The Hall–Kier alpha value is -0.880. The van der Waals surface area contributed by atoms with Crippen molar-refractivity contribution in [2.24, 2.45) is 0 Å². The van der Waals surface area contributed by atoms with Crippen molar-refractivity contribution < 1.29 is 14.7 Å². The third-order valence-electron chi connectivity index (χ3n) is 2.98. The second kappa shape index (κ2) is 4.78. The smallest absolute Gasteiger partial charge is 0.305 e. The number of amides is 1. The number of carboxylic acids is 1. The molecule has 92 valence electrons. The molecule has 1 aromatic rings. The number of carboxylic acid groups (broad SMARTS) is 1. The largest absolute Gasteiger partial charge is 0.481 e. The Kier molecular flexibility index (Phi) is 3.53. The van der Waals surface area contributed by atoms with Gasteiger partial charge in [-0.25, -0.2) is 0 Å². The van der Waals surface area contributed by atoms with Crippen molar-refractivity contribution in [1.29, 1.82) is 0 Å². The van der Waals surface area contributed by atoms with Gasteiger partial charge in [-0.2, -0.15) is 0 Å². The zero-order valence-electron chi connectivity index (χ0n) is 9.03. The molecule has 2 rings (SSSR count). The molecular formula is C11H12BrNO3S. The summed E-state index contributed by atoms with van der Waals surface area (Å²) in [7, 11) is 0. The van der Waals surface area contributed by atoms with E-state index >= 15 is 0 Å². The van der Waals surface area contributed by atoms with E-state index in [-0.39, 0.29) is 12.3 Å². The molecule has 1 fully saturated rings. The number of rotatable bonds is 4. The van der Waals surface area contributed by atoms with E-state index in [1.54, 1.807) is 6.07 Å². The van der Waals surface area contributed by atoms with Crippen molar-refractivity contribution in [3.63, 3.8) is 0 Å². The highest BCUT2D eigenvalue weighted by Gasteiger charge is 2.40. The van der Waals surface area contributed by atoms with E-state index in [0.717, 1.165) is 23.0 Å². The van der Waals surface area contributed by atoms with Crippen LogP contribution in [0.25, 0.3) is 0 Å². The van der Waals surface area contributed by atoms with Gasteiger partial charge in [-0.1, -0.05) is 0 Å². The van der Waals surface area contributed by atoms with E-state index in [1.807, 2.05) is 6.07 Å². The van der Waals surface area contributed by atoms with Crippen LogP contribution in [-0.2, 0) is 4.79 Å². The van der Waals surface area contributed by atoms with Gasteiger partial charge in [0.25, 0.3) is 5.91 Å². The first-order valence-corrected chi connectivity index (χ1v) is 6.91. The molecule has 4 nitrogen and oxygen atoms in total. The summed E-state index contributed by atoms with van der Waals surface area (Å²) in [5.74, 6) is -1.04. The van der Waals surface area contributed by atoms with Crippen LogP contribution in [0.2, 0.25) is 0 Å². The maximum Gasteiger partial charge on any atom is 0.305 e. The molecule has 1 amide bonds. The van der Waals surface area contributed by atoms with Gasteiger partial charge in [0.05, 0.1) is 20.6 Å². The molecule has 0 spiro atoms. The molecule has 2 N–H and O–H groups in total. The Morgan fingerprint density at radius 2 is 2.18 bits per heavy atom. The van der Waals surface area contributed by atoms with E-state index in [9.17, 15) is 9.59 Å². The zero-order chi connectivity index (χ0) is 12.5. The number of hydrogen-bond donors (Lipinski definition) is 2. The van der Waals surface area contributed by atoms with E-state index < -0.39 is 11.5 Å². The van der Waals surface area contributed by atoms with Crippen molar-refractivity contribution >= 4 is 39.1 Å². The van der Waals surface area contributed by atoms with Gasteiger partial charge in [-0.05, 0) is 47.3 Å². The summed E-state index contributed by atoms with van der Waals surface area (Å²) < 4.78 is 0.892. The molecule has 0 aromatic carbocycles. The molecule has 1 aliphatic rings. The van der Waals surface area contributed by atoms with E-state index in [4.69, 9.17) is 5.11 Å². The standard InChI is InChI=1S/C11H12BrNO3S/c12-8-3-2-7(17-8)10(16)13-11(4-1-5-11)6-9(14)15/h2-3H,1,4-6H2,(H,13,16)(H,14,15). The Balaban J connectivity index is 2.04. The number of hydrogen-bond acceptors (Lipinski definition) is 3. The molecule has 0 saturated heterocycles. The number of halogens is 1. The third-order valence-corrected chi connectivity index (χ3v) is 4.60. The molecule has 1 heterocycles. The fraction of sp³-hybridized carbons (Fsp3) is 0.455. The average molecular weight is 318 g/mol. The molecule has 0 bridgehead atoms. The molecule has 1 saturated carbocycles. The molecular weight excluding hydrogens is 306 g/mol. The maximum atomic E-state index is 11.9. The topological polar surface area (TPSA) is 66.4 Å². The predicted molar refractivity (Wildman–Crippen MR) is 68.3 cm³/mol. The molecule has 0 aliphatic heterocycles. The first-order valence-electron chi connectivity index (χ1n) is 5.30. The number of thiophene rings is 1. The number of carbonyl (C=O) groups excluding carboxylic acids is 1. The Morgan fingerprint density at radius 1 is 1.47 bits per heavy atom. The second-order valence-electron chi connectivity index (χ2n) is 4.26. The summed E-state index contributed by atoms with van der Waals surface area (Å²) in [4.78, 5) is 23.3. The van der Waals surface area contributed by atoms with Gasteiger partial charge < -0.3 is 10.4 Å². The lowest BCUT2D eigenvalue weighted by Gasteiger charge is -2.41. The van der Waals surface area contributed by atoms with Crippen LogP contribution in [0, 0.1) is 0 Å². The number of nitrogens with one attached hydrogen (secondary N) is 1. The second-order valence-corrected chi connectivity index (χ2v) is 6.73. The van der Waals surface area contributed by atoms with Crippen LogP contribution in [0.1, 0.15) is 35.4 Å². The van der Waals surface area contributed by atoms with Crippen LogP contribution >= 0.6 is 27.3 Å². The van der Waals surface area contributed by atoms with Gasteiger partial charge in [0.15, 0.2) is 0 Å². The van der Waals surface area contributed by atoms with Gasteiger partial charge in [0.1, 0.15) is 0 Å². The minimum Gasteiger partial charge on any atom is -0.481 e. The first-order chi connectivity index (χ1) is 8.01. The molecule has 0 radical (unpaired) electrons. The number of carbonyl (C=O) groups is 2. The minimum absolute atomic E-state index is 0.00524. The molecule has 0 unspecified atom stereocenters. The zero-order valence-corrected chi connectivity index (χ0v) is 11.4. The van der Waals surface area contributed by atoms with Gasteiger partial charge in [0, 0.05) is 0 Å². The third kappa shape index (κ3) is 2.87. The summed E-state index contributed by atoms with van der Waals surface area (Å²) in [6.45, 7) is 0. The van der Waals surface area contributed by atoms with Gasteiger partial charge in [0.2, 0.25) is 0 Å². The lowest BCUT2D eigenvalue weighted by molar-refractivity contribution is -0.139. The normalized spacial score (nSPS) is 17.2. The fourth-order valence-corrected chi connectivity index (χ4v) is 3.26. The van der Waals surface area contributed by atoms with Crippen LogP contribution in [0.15, 0.2) is 15.9 Å². The highest BCUT2D eigenvalue weighted by atomic mass is 79.9. The summed E-state index contributed by atoms with van der Waals surface area (Å²) in [5, 5.41) is 11.7. The molecule has 1 aliphatic carbocycles. The lowest BCUT2D eigenvalue weighted by Crippen LogP contribution is -2.54. The van der Waals surface area contributed by atoms with Crippen molar-refractivity contribution in [1.82, 2.24) is 5.32 Å². The lowest BCUT2D eigenvalue weighted by atomic mass is 9.74. The van der Waals surface area contributed by atoms with Crippen LogP contribution in [0.5, 0.6) is 0 Å². The average Bonchev–Trinajstić information content (AvgIpc) is 2.60. The van der Waals surface area contributed by atoms with E-state index in [2.05, 4.69) is 21.2 Å². The van der Waals surface area contributed by atoms with Crippen LogP contribution in [-0.4, -0.2) is 22.5 Å². The highest BCUT2D eigenvalue weighted by Crippen LogP contribution is 2.35. The summed E-state index contributed by atoms with van der Waals surface area (Å²) in [6.07, 6.45) is 2.47. The Bertz CT molecular complexity index is 453. The first kappa shape index (κ1) is 12.6. The molecule has 6 heteroatoms. The number of aliphatic carboxylic acids is 1. The van der Waals surface area contributed by atoms with Crippen molar-refractivity contribution in [2.45, 2.75) is 31.2 Å². The van der Waals surface area contributed by atoms with Gasteiger partial charge in [-0.15, -0.1) is 11.3 Å². The fourth-order valence-electron chi connectivity index (χ4n) is 1.98. The van der Waals surface area contributed by atoms with Crippen molar-refractivity contribution in [3.05, 3.63) is 20.8 Å². The molecule has 17 heavy (non-hydrogen) atoms. The predicted octanol–water partition coefficient (Wildman–Crippen LogP) is 2.64. The minimum atomic E-state index is -0.864. The van der Waals surface area contributed by atoms with Gasteiger partial charge in [-0.3, -0.25) is 9.59 Å². The van der Waals surface area contributed by atoms with Crippen LogP contribution in [0.3, 0.4) is 0 Å². The van der Waals surface area contributed by atoms with E-state index in [1.165, 1.54) is 11.3 Å². The summed E-state index contributed by atoms with van der Waals surface area (Å²) >= 11 is 4.64. The SMILES string of the molecule is O=C(O)CC1(NC(=O)c2ccc(Br)s2)CCC1. The van der Waals surface area contributed by atoms with E-state index in [0.29, 0.717) is 4.88 Å². The molecule has 0 atom stereocenters. The summed E-state index contributed by atoms with van der Waals surface area (Å²) in [6, 6.07) is 3.54. The summed E-state index contributed by atoms with van der Waals surface area (Å²) in [5.41, 5.74) is -0.528. The maximum absolute atomic E-state index is 11.9. The van der Waals surface area contributed by atoms with Crippen molar-refractivity contribution in [2.75, 3.05) is 0 Å². The van der Waals surface area contributed by atoms with Gasteiger partial charge >= 0.3 is 5.97 Å². The van der Waals surface area contributed by atoms with Crippen LogP contribution < -0.4 is 5.32 Å². The van der Waals surface area contributed by atoms with Crippen molar-refractivity contribution in [3.8, 4) is 0 Å².